The fourth-order valence-electron chi connectivity index (χ4n) is 12.0. The molecule has 0 aromatic heterocycles. The fraction of sp³-hybridized carbons (Fsp3) is 0.846. The van der Waals surface area contributed by atoms with Crippen LogP contribution >= 0.6 is 7.60 Å². The van der Waals surface area contributed by atoms with E-state index in [9.17, 15) is 78.9 Å². The Labute approximate surface area is 349 Å². The quantitative estimate of drug-likeness (QED) is 0.0632. The van der Waals surface area contributed by atoms with Crippen molar-refractivity contribution in [3.05, 3.63) is 0 Å². The minimum absolute atomic E-state index is 0.00457. The number of aliphatic hydroxyl groups excluding tert-OH is 2. The zero-order valence-corrected chi connectivity index (χ0v) is 35.6. The number of nitrogens with one attached hydrogen (secondary N) is 1. The van der Waals surface area contributed by atoms with E-state index in [1.165, 1.54) is 4.90 Å². The Bertz CT molecular complexity index is 1560. The van der Waals surface area contributed by atoms with Gasteiger partial charge in [0, 0.05) is 45.1 Å². The van der Waals surface area contributed by atoms with Gasteiger partial charge in [0.1, 0.15) is 5.78 Å². The SMILES string of the molecule is CC(CC(=O)O)C1CCC2C3C(O)CC4C[C@@H](NC(=O)CCC(N(CCN(CC(=O)O)CC(=O)O)CCN(CC(=O)O)CC(=O)O)P(=O)(O)O)CC[C@]4(C)C3C[C@H](O)[C@]12C. The molecular weight excluding hydrogens is 811 g/mol. The van der Waals surface area contributed by atoms with E-state index in [0.717, 1.165) is 22.6 Å². The molecule has 12 atom stereocenters. The number of hydrogen-bond donors (Lipinski definition) is 10. The van der Waals surface area contributed by atoms with Crippen molar-refractivity contribution >= 4 is 43.3 Å². The van der Waals surface area contributed by atoms with Gasteiger partial charge in [-0.2, -0.15) is 0 Å². The van der Waals surface area contributed by atoms with Gasteiger partial charge in [-0.15, -0.1) is 0 Å². The zero-order valence-electron chi connectivity index (χ0n) is 34.7. The van der Waals surface area contributed by atoms with Crippen LogP contribution in [-0.4, -0.2) is 172 Å². The minimum Gasteiger partial charge on any atom is -0.481 e. The third-order valence-corrected chi connectivity index (χ3v) is 16.1. The predicted molar refractivity (Wildman–Crippen MR) is 211 cm³/mol. The summed E-state index contributed by atoms with van der Waals surface area (Å²) in [5.74, 6) is -8.52. The third kappa shape index (κ3) is 12.0. The molecule has 0 bridgehead atoms. The van der Waals surface area contributed by atoms with Gasteiger partial charge in [-0.25, -0.2) is 0 Å². The number of fused-ring (bicyclic) bond motifs is 5. The number of carboxylic acids is 5. The Kier molecular flexibility index (Phi) is 16.7. The summed E-state index contributed by atoms with van der Waals surface area (Å²) in [4.78, 5) is 95.0. The Morgan fingerprint density at radius 3 is 1.75 bits per heavy atom. The summed E-state index contributed by atoms with van der Waals surface area (Å²) in [6.45, 7) is 2.17. The highest BCUT2D eigenvalue weighted by molar-refractivity contribution is 7.52. The minimum atomic E-state index is -5.07. The van der Waals surface area contributed by atoms with Crippen LogP contribution in [0.4, 0.5) is 0 Å². The van der Waals surface area contributed by atoms with Crippen molar-refractivity contribution in [2.45, 2.75) is 109 Å². The lowest BCUT2D eigenvalue weighted by molar-refractivity contribution is -0.203. The number of aliphatic hydroxyl groups is 2. The maximum Gasteiger partial charge on any atom is 0.342 e. The molecule has 0 spiro atoms. The predicted octanol–water partition coefficient (Wildman–Crippen LogP) is 0.711. The van der Waals surface area contributed by atoms with Crippen molar-refractivity contribution in [3.63, 3.8) is 0 Å². The molecule has 4 saturated carbocycles. The molecule has 20 nitrogen and oxygen atoms in total. The molecule has 0 radical (unpaired) electrons. The van der Waals surface area contributed by atoms with E-state index in [4.69, 9.17) is 0 Å². The summed E-state index contributed by atoms with van der Waals surface area (Å²) < 4.78 is 13.0. The Morgan fingerprint density at radius 2 is 1.27 bits per heavy atom. The first-order chi connectivity index (χ1) is 27.9. The Morgan fingerprint density at radius 1 is 0.733 bits per heavy atom. The second-order valence-corrected chi connectivity index (χ2v) is 20.1. The van der Waals surface area contributed by atoms with Crippen LogP contribution in [0.2, 0.25) is 0 Å². The van der Waals surface area contributed by atoms with Crippen LogP contribution in [0, 0.1) is 46.3 Å². The second kappa shape index (κ2) is 20.3. The van der Waals surface area contributed by atoms with Crippen LogP contribution in [0.3, 0.4) is 0 Å². The van der Waals surface area contributed by atoms with E-state index in [1.54, 1.807) is 0 Å². The number of carbonyl (C=O) groups excluding carboxylic acids is 1. The highest BCUT2D eigenvalue weighted by Gasteiger charge is 2.66. The smallest absolute Gasteiger partial charge is 0.342 e. The molecule has 4 fully saturated rings. The first-order valence-electron chi connectivity index (χ1n) is 20.8. The summed E-state index contributed by atoms with van der Waals surface area (Å²) in [7, 11) is -5.07. The van der Waals surface area contributed by atoms with E-state index >= 15 is 0 Å². The van der Waals surface area contributed by atoms with Gasteiger partial charge in [-0.1, -0.05) is 20.8 Å². The normalized spacial score (nSPS) is 32.4. The maximum absolute atomic E-state index is 13.5. The van der Waals surface area contributed by atoms with Gasteiger partial charge < -0.3 is 50.8 Å². The number of hydrogen-bond acceptors (Lipinski definition) is 12. The van der Waals surface area contributed by atoms with Crippen molar-refractivity contribution in [1.82, 2.24) is 20.0 Å². The fourth-order valence-corrected chi connectivity index (χ4v) is 13.1. The number of carboxylic acid groups (broad SMARTS) is 5. The largest absolute Gasteiger partial charge is 0.481 e. The number of carbonyl (C=O) groups is 6. The van der Waals surface area contributed by atoms with Crippen molar-refractivity contribution in [3.8, 4) is 0 Å². The monoisotopic (exact) mass is 876 g/mol. The van der Waals surface area contributed by atoms with Crippen molar-refractivity contribution in [1.29, 1.82) is 0 Å². The van der Waals surface area contributed by atoms with Crippen LogP contribution in [-0.2, 0) is 33.3 Å². The van der Waals surface area contributed by atoms with Gasteiger partial charge in [0.15, 0.2) is 0 Å². The summed E-state index contributed by atoms with van der Waals surface area (Å²) in [5, 5.41) is 73.3. The molecule has 0 aromatic rings. The molecule has 0 aromatic carbocycles. The van der Waals surface area contributed by atoms with Crippen LogP contribution in [0.25, 0.3) is 0 Å². The van der Waals surface area contributed by atoms with E-state index in [2.05, 4.69) is 19.2 Å². The number of amides is 1. The number of rotatable bonds is 23. The molecule has 4 aliphatic rings. The third-order valence-electron chi connectivity index (χ3n) is 14.7. The van der Waals surface area contributed by atoms with Crippen LogP contribution in [0.1, 0.15) is 85.0 Å². The Balaban J connectivity index is 1.45. The summed E-state index contributed by atoms with van der Waals surface area (Å²) in [5.41, 5.74) is -0.757. The molecule has 342 valence electrons. The first-order valence-corrected chi connectivity index (χ1v) is 22.5. The summed E-state index contributed by atoms with van der Waals surface area (Å²) in [6.07, 6.45) is 2.38. The van der Waals surface area contributed by atoms with E-state index in [0.29, 0.717) is 32.1 Å². The lowest BCUT2D eigenvalue weighted by atomic mass is 9.43. The topological polar surface area (TPSA) is 323 Å². The van der Waals surface area contributed by atoms with Gasteiger partial charge in [-0.3, -0.25) is 48.0 Å². The van der Waals surface area contributed by atoms with Crippen molar-refractivity contribution in [2.75, 3.05) is 52.4 Å². The number of nitrogens with zero attached hydrogens (tertiary/aromatic N) is 3. The first kappa shape index (κ1) is 49.4. The maximum atomic E-state index is 13.5. The van der Waals surface area contributed by atoms with E-state index in [-0.39, 0.29) is 86.0 Å². The number of aliphatic carboxylic acids is 5. The second-order valence-electron chi connectivity index (χ2n) is 18.4. The van der Waals surface area contributed by atoms with Gasteiger partial charge in [-0.05, 0) is 97.7 Å². The van der Waals surface area contributed by atoms with E-state index < -0.39 is 99.4 Å². The summed E-state index contributed by atoms with van der Waals surface area (Å²) >= 11 is 0. The lowest BCUT2D eigenvalue weighted by Crippen LogP contribution is -2.63. The van der Waals surface area contributed by atoms with Gasteiger partial charge in [0.25, 0.3) is 0 Å². The molecule has 4 rings (SSSR count). The van der Waals surface area contributed by atoms with Crippen LogP contribution in [0.5, 0.6) is 0 Å². The zero-order chi connectivity index (χ0) is 44.9. The molecule has 0 heterocycles. The molecular formula is C39H65N4O16P. The molecule has 4 aliphatic carbocycles. The van der Waals surface area contributed by atoms with Gasteiger partial charge in [0.05, 0.1) is 38.4 Å². The van der Waals surface area contributed by atoms with E-state index in [1.807, 2.05) is 6.92 Å². The van der Waals surface area contributed by atoms with Crippen LogP contribution in [0.15, 0.2) is 0 Å². The highest BCUT2D eigenvalue weighted by atomic mass is 31.2. The summed E-state index contributed by atoms with van der Waals surface area (Å²) in [6, 6.07) is -0.309. The lowest BCUT2D eigenvalue weighted by Gasteiger charge is -2.63. The molecule has 1 amide bonds. The molecule has 8 unspecified atom stereocenters. The van der Waals surface area contributed by atoms with Gasteiger partial charge >= 0.3 is 37.4 Å². The van der Waals surface area contributed by atoms with Gasteiger partial charge in [0.2, 0.25) is 5.91 Å². The standard InChI is InChI=1S/C39H65N4O16P/c1-22(14-32(47)48)25-4-5-26-37-27(17-29(45)39(25,26)3)38(2)9-8-24(15-23(38)16-28(37)44)40-30(46)6-7-31(60(57,58)59)43(12-10-41(18-33(49)50)19-34(51)52)13-11-42(20-35(53)54)21-36(55)56/h22-29,31,37,44-45H,4-21H2,1-3H3,(H,40,46)(H,47,48)(H,49,50)(H,51,52)(H,53,54)(H,55,56)(H2,57,58,59)/t22?,23?,24-,25?,26?,27?,28?,29-,31?,37?,38-,39+/m0/s1. The molecule has 60 heavy (non-hydrogen) atoms. The average molecular weight is 877 g/mol. The van der Waals surface area contributed by atoms with Crippen molar-refractivity contribution in [2.24, 2.45) is 46.3 Å². The Hall–Kier alpha value is -3.23. The molecule has 10 N–H and O–H groups in total. The highest BCUT2D eigenvalue weighted by Crippen LogP contribution is 2.68. The molecule has 0 aliphatic heterocycles. The van der Waals surface area contributed by atoms with Crippen molar-refractivity contribution < 1.29 is 78.9 Å². The average Bonchev–Trinajstić information content (AvgIpc) is 3.46. The molecule has 0 saturated heterocycles. The van der Waals surface area contributed by atoms with Crippen LogP contribution < -0.4 is 5.32 Å². The molecule has 21 heteroatoms.